The zero-order chi connectivity index (χ0) is 37.6. The number of alkyl halides is 2. The number of nitrogen functional groups attached to an aromatic ring is 1. The van der Waals surface area contributed by atoms with Crippen molar-refractivity contribution in [1.29, 1.82) is 0 Å². The number of imide groups is 1. The van der Waals surface area contributed by atoms with Crippen molar-refractivity contribution >= 4 is 64.0 Å². The van der Waals surface area contributed by atoms with Gasteiger partial charge in [-0.15, -0.1) is 11.3 Å². The third-order valence-corrected chi connectivity index (χ3v) is 8.99. The molecule has 2 fully saturated rings. The number of aldehydes is 1. The number of hydroxylamine groups is 2. The minimum atomic E-state index is -3.47. The average molecular weight is 741 g/mol. The molecule has 2 aliphatic heterocycles. The minimum absolute atomic E-state index is 0.0747. The van der Waals surface area contributed by atoms with E-state index in [-0.39, 0.29) is 27.1 Å². The molecule has 0 radical (unpaired) electrons. The Morgan fingerprint density at radius 1 is 1.14 bits per heavy atom. The van der Waals surface area contributed by atoms with Gasteiger partial charge < -0.3 is 46.2 Å². The largest absolute Gasteiger partial charge is 0.504 e. The van der Waals surface area contributed by atoms with Crippen molar-refractivity contribution < 1.29 is 77.6 Å². The number of anilines is 1. The van der Waals surface area contributed by atoms with Crippen LogP contribution in [0.4, 0.5) is 13.9 Å². The zero-order valence-corrected chi connectivity index (χ0v) is 26.5. The van der Waals surface area contributed by atoms with Crippen molar-refractivity contribution in [3.05, 3.63) is 34.3 Å². The van der Waals surface area contributed by atoms with Crippen LogP contribution in [0.25, 0.3) is 0 Å². The number of rotatable bonds is 12. The maximum atomic E-state index is 13.8. The number of benzene rings is 1. The van der Waals surface area contributed by atoms with Gasteiger partial charge in [0.2, 0.25) is 11.5 Å². The molecule has 1 aliphatic carbocycles. The summed E-state index contributed by atoms with van der Waals surface area (Å²) in [4.78, 5) is 104. The highest BCUT2D eigenvalue weighted by Gasteiger charge is 2.56. The Labute approximate surface area is 286 Å². The highest BCUT2D eigenvalue weighted by Crippen LogP contribution is 2.41. The number of aromatic hydroxyl groups is 2. The quantitative estimate of drug-likeness (QED) is 0.0459. The van der Waals surface area contributed by atoms with E-state index in [1.165, 1.54) is 5.38 Å². The monoisotopic (exact) mass is 740 g/mol. The van der Waals surface area contributed by atoms with E-state index < -0.39 is 132 Å². The topological polar surface area (TPSA) is 309 Å². The van der Waals surface area contributed by atoms with Gasteiger partial charge in [-0.25, -0.2) is 23.4 Å². The molecule has 1 saturated carbocycles. The predicted molar refractivity (Wildman–Crippen MR) is 160 cm³/mol. The molecule has 0 spiro atoms. The van der Waals surface area contributed by atoms with Crippen molar-refractivity contribution in [2.24, 2.45) is 5.16 Å². The number of fused-ring (bicyclic) bond motifs is 1. The Morgan fingerprint density at radius 2 is 1.73 bits per heavy atom. The van der Waals surface area contributed by atoms with Crippen molar-refractivity contribution in [1.82, 2.24) is 20.3 Å². The minimum Gasteiger partial charge on any atom is -0.504 e. The Bertz CT molecular complexity index is 1840. The van der Waals surface area contributed by atoms with Crippen LogP contribution in [0.3, 0.4) is 0 Å². The van der Waals surface area contributed by atoms with Gasteiger partial charge in [0, 0.05) is 37.5 Å². The predicted octanol–water partition coefficient (Wildman–Crippen LogP) is -0.824. The smallest absolute Gasteiger partial charge is 0.359 e. The number of phenolic OH excluding ortho intramolecular Hbond substituents is 2. The molecule has 1 aromatic heterocycles. The average Bonchev–Trinajstić information content (AvgIpc) is 3.72. The highest BCUT2D eigenvalue weighted by molar-refractivity contribution is 7.13. The van der Waals surface area contributed by atoms with Crippen LogP contribution >= 0.6 is 11.3 Å². The van der Waals surface area contributed by atoms with E-state index in [0.29, 0.717) is 0 Å². The molecule has 2 aromatic rings. The zero-order valence-electron chi connectivity index (χ0n) is 25.6. The lowest BCUT2D eigenvalue weighted by molar-refractivity contribution is -0.261. The molecule has 20 nitrogen and oxygen atoms in total. The molecule has 23 heteroatoms. The summed E-state index contributed by atoms with van der Waals surface area (Å²) >= 11 is 0.814. The van der Waals surface area contributed by atoms with Crippen LogP contribution in [-0.4, -0.2) is 124 Å². The lowest BCUT2D eigenvalue weighted by Crippen LogP contribution is -2.60. The molecular weight excluding hydrogens is 714 g/mol. The van der Waals surface area contributed by atoms with E-state index in [1.54, 1.807) is 0 Å². The number of carbonyl (C=O) groups is 7. The molecule has 8 N–H and O–H groups in total. The van der Waals surface area contributed by atoms with Crippen molar-refractivity contribution in [2.75, 3.05) is 12.3 Å². The van der Waals surface area contributed by atoms with Crippen LogP contribution < -0.4 is 11.1 Å². The second kappa shape index (κ2) is 13.1. The number of aliphatic hydroxyl groups is 1. The number of carboxylic acids is 2. The Balaban J connectivity index is 1.36. The van der Waals surface area contributed by atoms with Crippen molar-refractivity contribution in [2.45, 2.75) is 61.4 Å². The van der Waals surface area contributed by atoms with Crippen molar-refractivity contribution in [3.63, 3.8) is 0 Å². The van der Waals surface area contributed by atoms with Crippen LogP contribution in [0, 0.1) is 0 Å². The number of carbonyl (C=O) groups excluding carboxylic acids is 5. The van der Waals surface area contributed by atoms with E-state index >= 15 is 0 Å². The number of amides is 4. The highest BCUT2D eigenvalue weighted by atomic mass is 32.1. The molecule has 1 unspecified atom stereocenters. The van der Waals surface area contributed by atoms with Crippen LogP contribution in [0.15, 0.2) is 22.7 Å². The van der Waals surface area contributed by atoms with E-state index in [0.717, 1.165) is 23.5 Å². The van der Waals surface area contributed by atoms with E-state index in [1.807, 2.05) is 0 Å². The van der Waals surface area contributed by atoms with Gasteiger partial charge in [0.05, 0.1) is 11.1 Å². The molecule has 3 atom stereocenters. The lowest BCUT2D eigenvalue weighted by atomic mass is 9.83. The number of hydrogen-bond donors (Lipinski definition) is 7. The first kappa shape index (κ1) is 36.5. The number of nitrogens with one attached hydrogen (secondary N) is 1. The summed E-state index contributed by atoms with van der Waals surface area (Å²) in [6.45, 7) is -0.848. The van der Waals surface area contributed by atoms with Crippen LogP contribution in [0.5, 0.6) is 11.5 Å². The Hall–Kier alpha value is -5.81. The summed E-state index contributed by atoms with van der Waals surface area (Å²) in [6.07, 6.45) is -4.52. The SMILES string of the molecule is Nc1nc(/C(=N/OC2(C(=O)O)CCC(F)(F)CC2)C(=O)N[C@H]2CON(C(O)(C[C@@H](C=O)N3C(=O)c4cc(O)c(O)cc4C3=O)C(=O)O)C2=O)cs1. The summed E-state index contributed by atoms with van der Waals surface area (Å²) in [7, 11) is 0. The summed E-state index contributed by atoms with van der Waals surface area (Å²) in [5.41, 5.74) is -2.08. The number of thiazole rings is 1. The molecule has 4 amide bonds. The third-order valence-electron chi connectivity index (χ3n) is 8.32. The molecule has 1 aromatic carbocycles. The standard InChI is InChI=1S/C28H26F2N6O14S/c29-27(30)3-1-26(2-4-27,23(44)45)50-34-18(15-10-51-25(31)33-15)19(40)32-14-9-49-36(22(14)43)28(48,24(46)47)7-11(8-37)35-20(41)12-5-16(38)17(39)6-13(12)21(35)42/h5-6,8,10-11,14,38-39,48H,1-4,7,9H2,(H2,31,33)(H,32,40)(H,44,45)(H,46,47)/b34-18-/t11-,14-,28?/m0/s1. The molecule has 0 bridgehead atoms. The van der Waals surface area contributed by atoms with E-state index in [9.17, 15) is 67.9 Å². The lowest BCUT2D eigenvalue weighted by Gasteiger charge is -2.34. The van der Waals surface area contributed by atoms with Gasteiger partial charge >= 0.3 is 11.9 Å². The normalized spacial score (nSPS) is 21.5. The molecule has 51 heavy (non-hydrogen) atoms. The van der Waals surface area contributed by atoms with Crippen molar-refractivity contribution in [3.8, 4) is 11.5 Å². The first-order valence-corrected chi connectivity index (χ1v) is 15.4. The first-order chi connectivity index (χ1) is 23.8. The van der Waals surface area contributed by atoms with Gasteiger partial charge in [0.15, 0.2) is 22.3 Å². The molecule has 1 saturated heterocycles. The Morgan fingerprint density at radius 3 is 2.22 bits per heavy atom. The number of aliphatic carboxylic acids is 2. The number of oxime groups is 1. The first-order valence-electron chi connectivity index (χ1n) is 14.6. The number of aromatic nitrogens is 1. The van der Waals surface area contributed by atoms with E-state index in [4.69, 9.17) is 15.4 Å². The number of nitrogens with two attached hydrogens (primary N) is 1. The summed E-state index contributed by atoms with van der Waals surface area (Å²) in [5.74, 6) is -13.7. The van der Waals surface area contributed by atoms with Gasteiger partial charge in [-0.3, -0.25) is 28.9 Å². The molecular formula is C28H26F2N6O14S. The second-order valence-corrected chi connectivity index (χ2v) is 12.5. The number of halogens is 2. The van der Waals surface area contributed by atoms with Gasteiger partial charge in [-0.05, 0) is 12.1 Å². The maximum absolute atomic E-state index is 13.8. The fourth-order valence-electron chi connectivity index (χ4n) is 5.47. The van der Waals surface area contributed by atoms with Crippen LogP contribution in [-0.2, 0) is 33.6 Å². The number of hydrogen-bond acceptors (Lipinski definition) is 16. The number of phenols is 2. The summed E-state index contributed by atoms with van der Waals surface area (Å²) in [6, 6.07) is -2.41. The van der Waals surface area contributed by atoms with Gasteiger partial charge in [0.1, 0.15) is 30.7 Å². The Kier molecular flexibility index (Phi) is 9.40. The van der Waals surface area contributed by atoms with Gasteiger partial charge in [-0.1, -0.05) is 5.16 Å². The number of nitrogens with zero attached hydrogens (tertiary/aromatic N) is 4. The van der Waals surface area contributed by atoms with Gasteiger partial charge in [-0.2, -0.15) is 5.06 Å². The van der Waals surface area contributed by atoms with Crippen LogP contribution in [0.1, 0.15) is 58.5 Å². The van der Waals surface area contributed by atoms with Gasteiger partial charge in [0.25, 0.3) is 29.4 Å². The van der Waals surface area contributed by atoms with Crippen LogP contribution in [0.2, 0.25) is 0 Å². The fourth-order valence-corrected chi connectivity index (χ4v) is 6.02. The maximum Gasteiger partial charge on any atom is 0.359 e. The van der Waals surface area contributed by atoms with E-state index in [2.05, 4.69) is 15.5 Å². The molecule has 3 heterocycles. The summed E-state index contributed by atoms with van der Waals surface area (Å²) in [5, 5.41) is 57.1. The second-order valence-electron chi connectivity index (χ2n) is 11.6. The molecule has 272 valence electrons. The summed E-state index contributed by atoms with van der Waals surface area (Å²) < 4.78 is 27.6. The molecule has 5 rings (SSSR count). The molecule has 3 aliphatic rings. The fraction of sp³-hybridized carbons (Fsp3) is 0.393. The number of carboxylic acid groups (broad SMARTS) is 2. The third kappa shape index (κ3) is 6.60.